The summed E-state index contributed by atoms with van der Waals surface area (Å²) in [6, 6.07) is 13.9. The molecule has 2 atom stereocenters. The number of likely N-dealkylation sites (N-methyl/N-ethyl adjacent to an activating group) is 1. The SMILES string of the molecule is CC(C)c1ccc(CC(=O)N[C@@H]2CN(c3ccc(C#N)nn3)C[C@@H]2N(C)C)cc1. The zero-order chi connectivity index (χ0) is 21.0. The molecule has 0 saturated carbocycles. The number of hydrogen-bond acceptors (Lipinski definition) is 6. The predicted molar refractivity (Wildman–Crippen MR) is 113 cm³/mol. The van der Waals surface area contributed by atoms with Gasteiger partial charge in [0.2, 0.25) is 5.91 Å². The highest BCUT2D eigenvalue weighted by atomic mass is 16.1. The molecule has 7 nitrogen and oxygen atoms in total. The average molecular weight is 393 g/mol. The van der Waals surface area contributed by atoms with Gasteiger partial charge >= 0.3 is 0 Å². The molecule has 1 saturated heterocycles. The van der Waals surface area contributed by atoms with E-state index in [9.17, 15) is 4.79 Å². The molecule has 3 rings (SSSR count). The standard InChI is InChI=1S/C22H28N6O/c1-15(2)17-7-5-16(6-8-17)11-22(29)24-19-13-28(14-20(19)27(3)4)21-10-9-18(12-23)25-26-21/h5-10,15,19-20H,11,13-14H2,1-4H3,(H,24,29)/t19-,20+/m1/s1. The zero-order valence-electron chi connectivity index (χ0n) is 17.5. The Labute approximate surface area is 172 Å². The van der Waals surface area contributed by atoms with E-state index in [1.54, 1.807) is 12.1 Å². The van der Waals surface area contributed by atoms with Gasteiger partial charge in [-0.3, -0.25) is 4.79 Å². The predicted octanol–water partition coefficient (Wildman–Crippen LogP) is 1.95. The Kier molecular flexibility index (Phi) is 6.45. The summed E-state index contributed by atoms with van der Waals surface area (Å²) < 4.78 is 0. The summed E-state index contributed by atoms with van der Waals surface area (Å²) in [5.41, 5.74) is 2.59. The molecule has 1 N–H and O–H groups in total. The van der Waals surface area contributed by atoms with Crippen LogP contribution in [-0.4, -0.2) is 60.3 Å². The van der Waals surface area contributed by atoms with E-state index in [4.69, 9.17) is 5.26 Å². The maximum Gasteiger partial charge on any atom is 0.224 e. The van der Waals surface area contributed by atoms with Gasteiger partial charge in [-0.05, 0) is 43.3 Å². The second-order valence-corrected chi connectivity index (χ2v) is 8.07. The number of benzene rings is 1. The summed E-state index contributed by atoms with van der Waals surface area (Å²) in [4.78, 5) is 16.9. The molecule has 0 bridgehead atoms. The first-order chi connectivity index (χ1) is 13.9. The molecule has 1 amide bonds. The fourth-order valence-corrected chi connectivity index (χ4v) is 3.66. The molecule has 2 aromatic rings. The van der Waals surface area contributed by atoms with Crippen LogP contribution in [0.1, 0.15) is 36.6 Å². The Morgan fingerprint density at radius 1 is 1.21 bits per heavy atom. The number of carbonyl (C=O) groups is 1. The van der Waals surface area contributed by atoms with E-state index in [-0.39, 0.29) is 18.0 Å². The molecule has 2 heterocycles. The number of amides is 1. The third kappa shape index (κ3) is 5.09. The molecule has 0 radical (unpaired) electrons. The number of carbonyl (C=O) groups excluding carboxylic acids is 1. The lowest BCUT2D eigenvalue weighted by atomic mass is 10.0. The highest BCUT2D eigenvalue weighted by molar-refractivity contribution is 5.79. The zero-order valence-corrected chi connectivity index (χ0v) is 17.5. The fourth-order valence-electron chi connectivity index (χ4n) is 3.66. The number of nitriles is 1. The second kappa shape index (κ2) is 9.01. The molecule has 152 valence electrons. The van der Waals surface area contributed by atoms with E-state index in [0.29, 0.717) is 24.6 Å². The number of nitrogens with zero attached hydrogens (tertiary/aromatic N) is 5. The van der Waals surface area contributed by atoms with Crippen molar-refractivity contribution >= 4 is 11.7 Å². The monoisotopic (exact) mass is 392 g/mol. The lowest BCUT2D eigenvalue weighted by molar-refractivity contribution is -0.121. The van der Waals surface area contributed by atoms with E-state index in [0.717, 1.165) is 17.9 Å². The smallest absolute Gasteiger partial charge is 0.224 e. The third-order valence-corrected chi connectivity index (χ3v) is 5.40. The Bertz CT molecular complexity index is 870. The Hall–Kier alpha value is -2.98. The van der Waals surface area contributed by atoms with E-state index in [1.165, 1.54) is 5.56 Å². The highest BCUT2D eigenvalue weighted by Crippen LogP contribution is 2.21. The summed E-state index contributed by atoms with van der Waals surface area (Å²) in [7, 11) is 4.03. The average Bonchev–Trinajstić information content (AvgIpc) is 3.12. The first-order valence-corrected chi connectivity index (χ1v) is 9.90. The van der Waals surface area contributed by atoms with Gasteiger partial charge in [0, 0.05) is 19.1 Å². The molecular weight excluding hydrogens is 364 g/mol. The van der Waals surface area contributed by atoms with Crippen LogP contribution in [0.3, 0.4) is 0 Å². The molecule has 0 aliphatic carbocycles. The molecule has 29 heavy (non-hydrogen) atoms. The molecular formula is C22H28N6O. The fraction of sp³-hybridized carbons (Fsp3) is 0.455. The number of hydrogen-bond donors (Lipinski definition) is 1. The molecule has 1 aliphatic heterocycles. The van der Waals surface area contributed by atoms with Gasteiger partial charge in [-0.1, -0.05) is 38.1 Å². The lowest BCUT2D eigenvalue weighted by Gasteiger charge is -2.25. The van der Waals surface area contributed by atoms with Crippen LogP contribution >= 0.6 is 0 Å². The van der Waals surface area contributed by atoms with Crippen molar-refractivity contribution in [3.05, 3.63) is 53.2 Å². The minimum absolute atomic E-state index is 0.00937. The van der Waals surface area contributed by atoms with Crippen molar-refractivity contribution in [3.8, 4) is 6.07 Å². The number of rotatable bonds is 6. The summed E-state index contributed by atoms with van der Waals surface area (Å²) >= 11 is 0. The van der Waals surface area contributed by atoms with Crippen LogP contribution in [0.4, 0.5) is 5.82 Å². The van der Waals surface area contributed by atoms with Gasteiger partial charge in [-0.2, -0.15) is 5.26 Å². The van der Waals surface area contributed by atoms with E-state index in [2.05, 4.69) is 51.3 Å². The Morgan fingerprint density at radius 3 is 2.48 bits per heavy atom. The maximum atomic E-state index is 12.7. The van der Waals surface area contributed by atoms with Crippen LogP contribution in [0, 0.1) is 11.3 Å². The van der Waals surface area contributed by atoms with Gasteiger partial charge in [-0.15, -0.1) is 10.2 Å². The number of nitrogens with one attached hydrogen (secondary N) is 1. The normalized spacial score (nSPS) is 18.9. The topological polar surface area (TPSA) is 85.2 Å². The van der Waals surface area contributed by atoms with Gasteiger partial charge in [-0.25, -0.2) is 0 Å². The van der Waals surface area contributed by atoms with Crippen molar-refractivity contribution in [2.75, 3.05) is 32.1 Å². The van der Waals surface area contributed by atoms with Crippen molar-refractivity contribution in [2.45, 2.75) is 38.3 Å². The van der Waals surface area contributed by atoms with Crippen molar-refractivity contribution in [1.82, 2.24) is 20.4 Å². The third-order valence-electron chi connectivity index (χ3n) is 5.40. The number of aromatic nitrogens is 2. The van der Waals surface area contributed by atoms with Crippen LogP contribution in [0.25, 0.3) is 0 Å². The van der Waals surface area contributed by atoms with Crippen molar-refractivity contribution in [3.63, 3.8) is 0 Å². The summed E-state index contributed by atoms with van der Waals surface area (Å²) in [5.74, 6) is 1.22. The molecule has 7 heteroatoms. The molecule has 0 unspecified atom stereocenters. The first kappa shape index (κ1) is 20.7. The Morgan fingerprint density at radius 2 is 1.93 bits per heavy atom. The van der Waals surface area contributed by atoms with E-state index in [1.807, 2.05) is 32.3 Å². The van der Waals surface area contributed by atoms with Crippen LogP contribution < -0.4 is 10.2 Å². The van der Waals surface area contributed by atoms with Crippen molar-refractivity contribution in [2.24, 2.45) is 0 Å². The molecule has 1 aromatic heterocycles. The van der Waals surface area contributed by atoms with Crippen LogP contribution in [0.15, 0.2) is 36.4 Å². The maximum absolute atomic E-state index is 12.7. The van der Waals surface area contributed by atoms with E-state index < -0.39 is 0 Å². The number of anilines is 1. The van der Waals surface area contributed by atoms with Crippen molar-refractivity contribution < 1.29 is 4.79 Å². The lowest BCUT2D eigenvalue weighted by Crippen LogP contribution is -2.49. The van der Waals surface area contributed by atoms with Gasteiger partial charge in [0.25, 0.3) is 0 Å². The van der Waals surface area contributed by atoms with Gasteiger partial charge in [0.15, 0.2) is 11.5 Å². The minimum Gasteiger partial charge on any atom is -0.351 e. The molecule has 1 aliphatic rings. The molecule has 0 spiro atoms. The quantitative estimate of drug-likeness (QED) is 0.809. The summed E-state index contributed by atoms with van der Waals surface area (Å²) in [6.07, 6.45) is 0.367. The van der Waals surface area contributed by atoms with Crippen LogP contribution in [0.2, 0.25) is 0 Å². The van der Waals surface area contributed by atoms with Gasteiger partial charge < -0.3 is 15.1 Å². The van der Waals surface area contributed by atoms with Gasteiger partial charge in [0.05, 0.1) is 12.5 Å². The van der Waals surface area contributed by atoms with Crippen LogP contribution in [0.5, 0.6) is 0 Å². The first-order valence-electron chi connectivity index (χ1n) is 9.90. The molecule has 1 aromatic carbocycles. The minimum atomic E-state index is -0.00937. The summed E-state index contributed by atoms with van der Waals surface area (Å²) in [6.45, 7) is 5.71. The van der Waals surface area contributed by atoms with E-state index >= 15 is 0 Å². The summed E-state index contributed by atoms with van der Waals surface area (Å²) in [5, 5.41) is 20.2. The van der Waals surface area contributed by atoms with Crippen LogP contribution in [-0.2, 0) is 11.2 Å². The second-order valence-electron chi connectivity index (χ2n) is 8.07. The van der Waals surface area contributed by atoms with Gasteiger partial charge in [0.1, 0.15) is 6.07 Å². The largest absolute Gasteiger partial charge is 0.351 e. The molecule has 1 fully saturated rings. The highest BCUT2D eigenvalue weighted by Gasteiger charge is 2.35. The Balaban J connectivity index is 1.64. The van der Waals surface area contributed by atoms with Crippen molar-refractivity contribution in [1.29, 1.82) is 5.26 Å².